The average Bonchev–Trinajstić information content (AvgIpc) is 3.30. The predicted molar refractivity (Wildman–Crippen MR) is 134 cm³/mol. The summed E-state index contributed by atoms with van der Waals surface area (Å²) >= 11 is 0. The van der Waals surface area contributed by atoms with Gasteiger partial charge in [-0.15, -0.1) is 0 Å². The number of nitrogens with zero attached hydrogens (tertiary/aromatic N) is 2. The van der Waals surface area contributed by atoms with Gasteiger partial charge in [0.1, 0.15) is 0 Å². The van der Waals surface area contributed by atoms with E-state index in [1.807, 2.05) is 6.20 Å². The van der Waals surface area contributed by atoms with Crippen LogP contribution in [-0.4, -0.2) is 9.55 Å². The normalized spacial score (nSPS) is 14.2. The van der Waals surface area contributed by atoms with Gasteiger partial charge in [0.25, 0.3) is 0 Å². The number of hydrogen-bond donors (Lipinski definition) is 0. The van der Waals surface area contributed by atoms with Crippen molar-refractivity contribution in [3.05, 3.63) is 108 Å². The van der Waals surface area contributed by atoms with Crippen LogP contribution in [0.25, 0.3) is 49.4 Å². The summed E-state index contributed by atoms with van der Waals surface area (Å²) in [6.45, 7) is 4.71. The van der Waals surface area contributed by atoms with E-state index in [0.29, 0.717) is 0 Å². The molecule has 7 rings (SSSR count). The highest BCUT2D eigenvalue weighted by atomic mass is 15.0. The second-order valence-electron chi connectivity index (χ2n) is 9.25. The number of hydrogen-bond acceptors (Lipinski definition) is 1. The van der Waals surface area contributed by atoms with E-state index >= 15 is 0 Å². The van der Waals surface area contributed by atoms with E-state index in [1.54, 1.807) is 0 Å². The molecule has 4 aromatic carbocycles. The third-order valence-corrected chi connectivity index (χ3v) is 7.23. The zero-order valence-electron chi connectivity index (χ0n) is 18.1. The molecule has 32 heavy (non-hydrogen) atoms. The number of benzene rings is 4. The summed E-state index contributed by atoms with van der Waals surface area (Å²) < 4.78 is 2.46. The fraction of sp³-hybridized carbons (Fsp3) is 0.100. The molecule has 2 aromatic heterocycles. The van der Waals surface area contributed by atoms with Crippen molar-refractivity contribution in [3.8, 4) is 16.8 Å². The monoisotopic (exact) mass is 410 g/mol. The minimum atomic E-state index is -0.0978. The Morgan fingerprint density at radius 3 is 2.34 bits per heavy atom. The quantitative estimate of drug-likeness (QED) is 0.272. The topological polar surface area (TPSA) is 17.8 Å². The van der Waals surface area contributed by atoms with Crippen molar-refractivity contribution >= 4 is 32.6 Å². The summed E-state index contributed by atoms with van der Waals surface area (Å²) in [4.78, 5) is 4.56. The molecule has 0 saturated carbocycles. The maximum absolute atomic E-state index is 4.56. The number of rotatable bonds is 1. The maximum Gasteiger partial charge on any atom is 0.0629 e. The van der Waals surface area contributed by atoms with E-state index in [-0.39, 0.29) is 5.41 Å². The Bertz CT molecular complexity index is 1690. The predicted octanol–water partition coefficient (Wildman–Crippen LogP) is 7.64. The van der Waals surface area contributed by atoms with Gasteiger partial charge in [0.15, 0.2) is 0 Å². The third kappa shape index (κ3) is 2.07. The highest BCUT2D eigenvalue weighted by Gasteiger charge is 2.39. The summed E-state index contributed by atoms with van der Waals surface area (Å²) in [7, 11) is 0. The van der Waals surface area contributed by atoms with Crippen LogP contribution in [0, 0.1) is 0 Å². The van der Waals surface area contributed by atoms with E-state index in [0.717, 1.165) is 0 Å². The SMILES string of the molecule is CC1(C)c2ccccc2-c2c1c1cnccc1c1c3ccccc3n(-c3ccccc3)c21. The third-order valence-electron chi connectivity index (χ3n) is 7.23. The molecule has 0 spiro atoms. The highest BCUT2D eigenvalue weighted by Crippen LogP contribution is 2.55. The molecule has 0 aliphatic heterocycles. The minimum Gasteiger partial charge on any atom is -0.309 e. The molecule has 0 atom stereocenters. The molecule has 0 amide bonds. The van der Waals surface area contributed by atoms with Crippen LogP contribution in [0.15, 0.2) is 97.3 Å². The molecular weight excluding hydrogens is 388 g/mol. The van der Waals surface area contributed by atoms with E-state index in [4.69, 9.17) is 0 Å². The molecule has 152 valence electrons. The first kappa shape index (κ1) is 17.7. The molecule has 2 heteroatoms. The van der Waals surface area contributed by atoms with Crippen LogP contribution in [-0.2, 0) is 5.41 Å². The molecule has 6 aromatic rings. The molecule has 2 heterocycles. The Morgan fingerprint density at radius 2 is 1.47 bits per heavy atom. The Balaban J connectivity index is 1.86. The second kappa shape index (κ2) is 6.08. The van der Waals surface area contributed by atoms with E-state index in [9.17, 15) is 0 Å². The summed E-state index contributed by atoms with van der Waals surface area (Å²) in [6, 6.07) is 30.6. The second-order valence-corrected chi connectivity index (χ2v) is 9.25. The van der Waals surface area contributed by atoms with Gasteiger partial charge in [-0.3, -0.25) is 4.98 Å². The summed E-state index contributed by atoms with van der Waals surface area (Å²) in [6.07, 6.45) is 3.99. The van der Waals surface area contributed by atoms with Gasteiger partial charge in [-0.1, -0.05) is 74.5 Å². The Morgan fingerprint density at radius 1 is 0.719 bits per heavy atom. The number of fused-ring (bicyclic) bond motifs is 10. The minimum absolute atomic E-state index is 0.0978. The van der Waals surface area contributed by atoms with Crippen molar-refractivity contribution in [2.75, 3.05) is 0 Å². The van der Waals surface area contributed by atoms with Crippen molar-refractivity contribution in [3.63, 3.8) is 0 Å². The largest absolute Gasteiger partial charge is 0.309 e. The highest BCUT2D eigenvalue weighted by molar-refractivity contribution is 6.27. The standard InChI is InChI=1S/C30H22N2/c1-30(2)24-14-8-6-12-21(24)27-28(30)23-18-31-17-16-20(23)26-22-13-7-9-15-25(22)32(29(26)27)19-10-4-3-5-11-19/h3-18H,1-2H3. The fourth-order valence-electron chi connectivity index (χ4n) is 5.95. The number of aromatic nitrogens is 2. The molecule has 0 N–H and O–H groups in total. The van der Waals surface area contributed by atoms with E-state index in [1.165, 1.54) is 60.5 Å². The van der Waals surface area contributed by atoms with Crippen LogP contribution in [0.5, 0.6) is 0 Å². The zero-order valence-corrected chi connectivity index (χ0v) is 18.1. The summed E-state index contributed by atoms with van der Waals surface area (Å²) in [5.41, 5.74) is 9.08. The lowest BCUT2D eigenvalue weighted by Gasteiger charge is -2.23. The van der Waals surface area contributed by atoms with Gasteiger partial charge in [0.05, 0.1) is 11.0 Å². The first-order valence-electron chi connectivity index (χ1n) is 11.2. The van der Waals surface area contributed by atoms with Crippen LogP contribution in [0.1, 0.15) is 25.0 Å². The lowest BCUT2D eigenvalue weighted by atomic mass is 9.80. The van der Waals surface area contributed by atoms with Gasteiger partial charge in [0, 0.05) is 45.2 Å². The van der Waals surface area contributed by atoms with Crippen molar-refractivity contribution in [2.45, 2.75) is 19.3 Å². The first-order valence-corrected chi connectivity index (χ1v) is 11.2. The van der Waals surface area contributed by atoms with Crippen LogP contribution in [0.4, 0.5) is 0 Å². The maximum atomic E-state index is 4.56. The Labute approximate surface area is 186 Å². The number of pyridine rings is 1. The first-order chi connectivity index (χ1) is 15.7. The average molecular weight is 411 g/mol. The molecular formula is C30H22N2. The molecule has 0 unspecified atom stereocenters. The van der Waals surface area contributed by atoms with Crippen LogP contribution < -0.4 is 0 Å². The lowest BCUT2D eigenvalue weighted by Crippen LogP contribution is -2.15. The molecule has 0 fully saturated rings. The molecule has 0 bridgehead atoms. The van der Waals surface area contributed by atoms with E-state index in [2.05, 4.69) is 115 Å². The van der Waals surface area contributed by atoms with Crippen molar-refractivity contribution < 1.29 is 0 Å². The zero-order chi connectivity index (χ0) is 21.4. The Kier molecular flexibility index (Phi) is 3.37. The van der Waals surface area contributed by atoms with Crippen LogP contribution in [0.3, 0.4) is 0 Å². The van der Waals surface area contributed by atoms with Crippen molar-refractivity contribution in [2.24, 2.45) is 0 Å². The van der Waals surface area contributed by atoms with Gasteiger partial charge in [0.2, 0.25) is 0 Å². The van der Waals surface area contributed by atoms with Gasteiger partial charge in [-0.25, -0.2) is 0 Å². The van der Waals surface area contributed by atoms with Crippen LogP contribution >= 0.6 is 0 Å². The molecule has 0 saturated heterocycles. The number of para-hydroxylation sites is 2. The molecule has 0 radical (unpaired) electrons. The smallest absolute Gasteiger partial charge is 0.0629 e. The van der Waals surface area contributed by atoms with Gasteiger partial charge in [-0.2, -0.15) is 0 Å². The summed E-state index contributed by atoms with van der Waals surface area (Å²) in [5, 5.41) is 5.13. The van der Waals surface area contributed by atoms with Gasteiger partial charge in [-0.05, 0) is 46.3 Å². The van der Waals surface area contributed by atoms with Gasteiger partial charge < -0.3 is 4.57 Å². The van der Waals surface area contributed by atoms with Crippen LogP contribution in [0.2, 0.25) is 0 Å². The molecule has 1 aliphatic carbocycles. The van der Waals surface area contributed by atoms with E-state index < -0.39 is 0 Å². The van der Waals surface area contributed by atoms with Crippen molar-refractivity contribution in [1.82, 2.24) is 9.55 Å². The summed E-state index contributed by atoms with van der Waals surface area (Å²) in [5.74, 6) is 0. The van der Waals surface area contributed by atoms with Crippen molar-refractivity contribution in [1.29, 1.82) is 0 Å². The Hall–Kier alpha value is -3.91. The van der Waals surface area contributed by atoms with Gasteiger partial charge >= 0.3 is 0 Å². The molecule has 2 nitrogen and oxygen atoms in total. The fourth-order valence-corrected chi connectivity index (χ4v) is 5.95. The molecule has 1 aliphatic rings. The lowest BCUT2D eigenvalue weighted by molar-refractivity contribution is 0.666.